The molecule has 0 aromatic heterocycles. The third-order valence-electron chi connectivity index (χ3n) is 8.23. The summed E-state index contributed by atoms with van der Waals surface area (Å²) < 4.78 is 22.0. The van der Waals surface area contributed by atoms with E-state index in [0.29, 0.717) is 25.9 Å². The van der Waals surface area contributed by atoms with E-state index in [9.17, 15) is 40.5 Å². The Morgan fingerprint density at radius 2 is 1.37 bits per heavy atom. The summed E-state index contributed by atoms with van der Waals surface area (Å²) in [5, 5.41) is 70.7. The normalized spacial score (nSPS) is 32.7. The van der Waals surface area contributed by atoms with Crippen LogP contribution in [-0.2, 0) is 18.9 Å². The van der Waals surface area contributed by atoms with Crippen molar-refractivity contribution in [3.05, 3.63) is 0 Å². The van der Waals surface area contributed by atoms with Crippen LogP contribution < -0.4 is 5.73 Å². The first kappa shape index (κ1) is 38.0. The van der Waals surface area contributed by atoms with Crippen molar-refractivity contribution in [2.75, 3.05) is 39.5 Å². The van der Waals surface area contributed by atoms with Crippen LogP contribution in [0.4, 0.5) is 4.79 Å². The molecule has 9 atom stereocenters. The van der Waals surface area contributed by atoms with E-state index in [1.807, 2.05) is 0 Å². The van der Waals surface area contributed by atoms with Crippen LogP contribution in [0.3, 0.4) is 0 Å². The van der Waals surface area contributed by atoms with Gasteiger partial charge in [-0.3, -0.25) is 0 Å². The highest BCUT2D eigenvalue weighted by Crippen LogP contribution is 2.36. The molecule has 0 spiro atoms. The number of rotatable bonds is 22. The predicted octanol–water partition coefficient (Wildman–Crippen LogP) is -0.289. The number of nitrogens with zero attached hydrogens (tertiary/aromatic N) is 1. The maximum absolute atomic E-state index is 11.8. The highest BCUT2D eigenvalue weighted by molar-refractivity contribution is 5.71. The van der Waals surface area contributed by atoms with E-state index in [4.69, 9.17) is 24.7 Å². The predicted molar refractivity (Wildman–Crippen MR) is 155 cm³/mol. The lowest BCUT2D eigenvalue weighted by Gasteiger charge is -2.43. The molecule has 2 heterocycles. The fraction of sp³-hybridized carbons (Fsp3) is 0.966. The Labute approximate surface area is 254 Å². The molecule has 2 saturated heterocycles. The summed E-state index contributed by atoms with van der Waals surface area (Å²) in [5.74, 6) is -2.24. The highest BCUT2D eigenvalue weighted by Gasteiger charge is 2.58. The molecule has 0 saturated carbocycles. The standard InChI is InChI=1S/C29H56N2O12/c1-2-3-4-5-6-7-8-9-10-11-14-31(28(30)39)15-12-13-16-40-18-21-22(34)24(36)25(37)27(41-21)43-29(19-33)26(38)23(35)20(17-32)42-29/h20-27,32-38H,2-19H2,1H3,(H2,30,39)/t20-,21-,22-,23-,24+,25-,26+,27-,29+/m1/s1. The number of hydrogen-bond acceptors (Lipinski definition) is 12. The van der Waals surface area contributed by atoms with Crippen molar-refractivity contribution in [1.29, 1.82) is 0 Å². The number of hydrogen-bond donors (Lipinski definition) is 8. The van der Waals surface area contributed by atoms with Gasteiger partial charge in [-0.1, -0.05) is 64.7 Å². The zero-order valence-electron chi connectivity index (χ0n) is 25.5. The van der Waals surface area contributed by atoms with Gasteiger partial charge >= 0.3 is 6.03 Å². The van der Waals surface area contributed by atoms with Crippen molar-refractivity contribution in [2.24, 2.45) is 5.73 Å². The van der Waals surface area contributed by atoms with Crippen LogP contribution in [0.15, 0.2) is 0 Å². The van der Waals surface area contributed by atoms with Gasteiger partial charge in [0.25, 0.3) is 0 Å². The number of ether oxygens (including phenoxy) is 4. The lowest BCUT2D eigenvalue weighted by molar-refractivity contribution is -0.384. The maximum atomic E-state index is 11.8. The molecule has 0 aromatic carbocycles. The minimum Gasteiger partial charge on any atom is -0.394 e. The number of urea groups is 1. The molecule has 2 aliphatic heterocycles. The van der Waals surface area contributed by atoms with Crippen LogP contribution in [0.1, 0.15) is 84.0 Å². The molecule has 2 aliphatic rings. The smallest absolute Gasteiger partial charge is 0.314 e. The Morgan fingerprint density at radius 3 is 1.91 bits per heavy atom. The van der Waals surface area contributed by atoms with Crippen molar-refractivity contribution >= 4 is 6.03 Å². The van der Waals surface area contributed by atoms with Crippen molar-refractivity contribution in [1.82, 2.24) is 4.90 Å². The molecule has 2 amide bonds. The molecule has 14 heteroatoms. The van der Waals surface area contributed by atoms with Crippen molar-refractivity contribution in [3.8, 4) is 0 Å². The van der Waals surface area contributed by atoms with Gasteiger partial charge in [-0.2, -0.15) is 0 Å². The molecule has 2 rings (SSSR count). The molecule has 9 N–H and O–H groups in total. The minimum absolute atomic E-state index is 0.180. The van der Waals surface area contributed by atoms with E-state index in [1.165, 1.54) is 44.9 Å². The quantitative estimate of drug-likeness (QED) is 0.0728. The summed E-state index contributed by atoms with van der Waals surface area (Å²) >= 11 is 0. The van der Waals surface area contributed by atoms with Crippen molar-refractivity contribution in [3.63, 3.8) is 0 Å². The van der Waals surface area contributed by atoms with E-state index in [0.717, 1.165) is 19.3 Å². The molecule has 0 unspecified atom stereocenters. The fourth-order valence-corrected chi connectivity index (χ4v) is 5.45. The molecule has 0 aromatic rings. The average molecular weight is 625 g/mol. The second-order valence-electron chi connectivity index (χ2n) is 11.7. The molecule has 14 nitrogen and oxygen atoms in total. The van der Waals surface area contributed by atoms with Crippen LogP contribution in [0.2, 0.25) is 0 Å². The molecule has 0 bridgehead atoms. The Balaban J connectivity index is 1.69. The summed E-state index contributed by atoms with van der Waals surface area (Å²) in [6.07, 6.45) is 0.819. The topological polar surface area (TPSA) is 225 Å². The second-order valence-corrected chi connectivity index (χ2v) is 11.7. The Morgan fingerprint density at radius 1 is 0.791 bits per heavy atom. The Hall–Kier alpha value is -1.17. The van der Waals surface area contributed by atoms with Crippen LogP contribution in [0.5, 0.6) is 0 Å². The largest absolute Gasteiger partial charge is 0.394 e. The lowest BCUT2D eigenvalue weighted by Crippen LogP contribution is -2.62. The fourth-order valence-electron chi connectivity index (χ4n) is 5.45. The molecule has 2 fully saturated rings. The van der Waals surface area contributed by atoms with Gasteiger partial charge in [-0.15, -0.1) is 0 Å². The average Bonchev–Trinajstić information content (AvgIpc) is 3.24. The number of nitrogens with two attached hydrogens (primary N) is 1. The second kappa shape index (κ2) is 20.1. The zero-order valence-corrected chi connectivity index (χ0v) is 25.5. The van der Waals surface area contributed by atoms with Gasteiger partial charge in [-0.05, 0) is 19.3 Å². The van der Waals surface area contributed by atoms with E-state index >= 15 is 0 Å². The Kier molecular flexibility index (Phi) is 17.7. The number of carbonyl (C=O) groups excluding carboxylic acids is 1. The molecular weight excluding hydrogens is 568 g/mol. The van der Waals surface area contributed by atoms with Crippen LogP contribution >= 0.6 is 0 Å². The van der Waals surface area contributed by atoms with Gasteiger partial charge in [0.05, 0.1) is 13.2 Å². The molecule has 0 aliphatic carbocycles. The van der Waals surface area contributed by atoms with Crippen molar-refractivity contribution in [2.45, 2.75) is 139 Å². The molecule has 0 radical (unpaired) electrons. The van der Waals surface area contributed by atoms with Gasteiger partial charge in [-0.25, -0.2) is 4.79 Å². The lowest BCUT2D eigenvalue weighted by atomic mass is 9.99. The van der Waals surface area contributed by atoms with Gasteiger partial charge in [0.2, 0.25) is 5.79 Å². The van der Waals surface area contributed by atoms with Crippen LogP contribution in [-0.4, -0.2) is 141 Å². The van der Waals surface area contributed by atoms with Gasteiger partial charge in [0.1, 0.15) is 49.3 Å². The number of primary amides is 1. The minimum atomic E-state index is -2.24. The van der Waals surface area contributed by atoms with E-state index in [2.05, 4.69) is 6.92 Å². The maximum Gasteiger partial charge on any atom is 0.314 e. The summed E-state index contributed by atoms with van der Waals surface area (Å²) in [6.45, 7) is 1.76. The molecular formula is C29H56N2O12. The third-order valence-corrected chi connectivity index (χ3v) is 8.23. The Bertz CT molecular complexity index is 767. The number of aliphatic hydroxyl groups is 7. The SMILES string of the molecule is CCCCCCCCCCCCN(CCCCOC[C@H]1O[C@H](O[C@]2(CO)O[C@H](CO)[C@@H](O)[C@@H]2O)[C@H](O)[C@@H](O)[C@@H]1O)C(N)=O. The number of aliphatic hydroxyl groups excluding tert-OH is 7. The monoisotopic (exact) mass is 624 g/mol. The van der Waals surface area contributed by atoms with Crippen molar-refractivity contribution < 1.29 is 59.5 Å². The third kappa shape index (κ3) is 11.6. The first-order valence-corrected chi connectivity index (χ1v) is 15.9. The van der Waals surface area contributed by atoms with Gasteiger partial charge in [0.15, 0.2) is 6.29 Å². The first-order chi connectivity index (χ1) is 20.6. The van der Waals surface area contributed by atoms with Gasteiger partial charge < -0.3 is 65.3 Å². The molecule has 43 heavy (non-hydrogen) atoms. The van der Waals surface area contributed by atoms with E-state index in [1.54, 1.807) is 4.90 Å². The van der Waals surface area contributed by atoms with Crippen LogP contribution in [0, 0.1) is 0 Å². The highest BCUT2D eigenvalue weighted by atomic mass is 16.8. The summed E-state index contributed by atoms with van der Waals surface area (Å²) in [5.41, 5.74) is 5.55. The van der Waals surface area contributed by atoms with E-state index < -0.39 is 74.0 Å². The van der Waals surface area contributed by atoms with E-state index in [-0.39, 0.29) is 13.2 Å². The summed E-state index contributed by atoms with van der Waals surface area (Å²) in [4.78, 5) is 13.5. The summed E-state index contributed by atoms with van der Waals surface area (Å²) in [6, 6.07) is -0.455. The zero-order chi connectivity index (χ0) is 31.8. The summed E-state index contributed by atoms with van der Waals surface area (Å²) in [7, 11) is 0. The number of carbonyl (C=O) groups is 1. The van der Waals surface area contributed by atoms with Gasteiger partial charge in [0, 0.05) is 19.7 Å². The number of amides is 2. The molecule has 254 valence electrons. The first-order valence-electron chi connectivity index (χ1n) is 15.9. The van der Waals surface area contributed by atoms with Crippen LogP contribution in [0.25, 0.3) is 0 Å². The number of unbranched alkanes of at least 4 members (excludes halogenated alkanes) is 10.